The lowest BCUT2D eigenvalue weighted by Crippen LogP contribution is -3.11. The number of benzene rings is 2. The monoisotopic (exact) mass is 382 g/mol. The Bertz CT molecular complexity index is 795. The molecule has 150 valence electrons. The maximum absolute atomic E-state index is 12.3. The molecule has 0 aliphatic carbocycles. The summed E-state index contributed by atoms with van der Waals surface area (Å²) < 4.78 is 0. The maximum Gasteiger partial charge on any atom is 0.279 e. The number of hydrogen-bond donors (Lipinski definition) is 3. The van der Waals surface area contributed by atoms with Gasteiger partial charge in [-0.2, -0.15) is 0 Å². The van der Waals surface area contributed by atoms with E-state index in [1.165, 1.54) is 5.56 Å². The van der Waals surface area contributed by atoms with Crippen molar-refractivity contribution < 1.29 is 14.5 Å². The highest BCUT2D eigenvalue weighted by Crippen LogP contribution is 2.20. The van der Waals surface area contributed by atoms with Gasteiger partial charge in [-0.1, -0.05) is 44.2 Å². The van der Waals surface area contributed by atoms with Gasteiger partial charge in [0.2, 0.25) is 0 Å². The Hall–Kier alpha value is -2.66. The number of carbonyl (C=O) groups is 2. The lowest BCUT2D eigenvalue weighted by molar-refractivity contribution is -0.862. The topological polar surface area (TPSA) is 62.6 Å². The minimum Gasteiger partial charge on any atom is -0.322 e. The number of likely N-dealkylation sites (N-methyl/N-ethyl adjacent to an activating group) is 1. The first-order valence-electron chi connectivity index (χ1n) is 9.87. The smallest absolute Gasteiger partial charge is 0.279 e. The van der Waals surface area contributed by atoms with Crippen molar-refractivity contribution in [3.63, 3.8) is 0 Å². The Morgan fingerprint density at radius 1 is 0.929 bits per heavy atom. The summed E-state index contributed by atoms with van der Waals surface area (Å²) in [6.07, 6.45) is 1.09. The van der Waals surface area contributed by atoms with Crippen molar-refractivity contribution in [2.24, 2.45) is 0 Å². The van der Waals surface area contributed by atoms with E-state index in [1.54, 1.807) is 0 Å². The van der Waals surface area contributed by atoms with E-state index in [4.69, 9.17) is 0 Å². The predicted octanol–water partition coefficient (Wildman–Crippen LogP) is 2.91. The van der Waals surface area contributed by atoms with Crippen LogP contribution in [-0.4, -0.2) is 32.0 Å². The Labute approximate surface area is 168 Å². The van der Waals surface area contributed by atoms with Crippen molar-refractivity contribution in [1.82, 2.24) is 0 Å². The van der Waals surface area contributed by atoms with Gasteiger partial charge in [-0.25, -0.2) is 0 Å². The number of nitrogens with one attached hydrogen (secondary N) is 3. The van der Waals surface area contributed by atoms with E-state index in [2.05, 4.69) is 36.6 Å². The van der Waals surface area contributed by atoms with Crippen LogP contribution in [-0.2, 0) is 9.59 Å². The first-order chi connectivity index (χ1) is 13.3. The lowest BCUT2D eigenvalue weighted by Gasteiger charge is -2.16. The summed E-state index contributed by atoms with van der Waals surface area (Å²) in [7, 11) is 1.84. The zero-order chi connectivity index (χ0) is 20.7. The SMILES string of the molecule is CC[C@H](C)c1ccc(NC(=O)C[NH+](C)CC(=O)Nc2c(C)cccc2C)cc1. The average molecular weight is 383 g/mol. The summed E-state index contributed by atoms with van der Waals surface area (Å²) in [6, 6.07) is 13.9. The van der Waals surface area contributed by atoms with Gasteiger partial charge in [0.15, 0.2) is 13.1 Å². The molecule has 0 fully saturated rings. The number of para-hydroxylation sites is 1. The van der Waals surface area contributed by atoms with E-state index in [1.807, 2.05) is 51.2 Å². The second-order valence-electron chi connectivity index (χ2n) is 7.61. The first-order valence-corrected chi connectivity index (χ1v) is 9.87. The minimum atomic E-state index is -0.103. The third kappa shape index (κ3) is 6.20. The van der Waals surface area contributed by atoms with Crippen molar-refractivity contribution in [2.45, 2.75) is 40.0 Å². The van der Waals surface area contributed by atoms with Gasteiger partial charge in [-0.3, -0.25) is 9.59 Å². The molecule has 2 aromatic carbocycles. The Morgan fingerprint density at radius 2 is 1.46 bits per heavy atom. The van der Waals surface area contributed by atoms with Gasteiger partial charge in [0.05, 0.1) is 7.05 Å². The molecular formula is C23H32N3O2+. The molecule has 0 bridgehead atoms. The molecule has 2 atom stereocenters. The number of aryl methyl sites for hydroxylation is 2. The Morgan fingerprint density at radius 3 is 2.00 bits per heavy atom. The largest absolute Gasteiger partial charge is 0.322 e. The molecule has 0 heterocycles. The Balaban J connectivity index is 1.84. The molecule has 2 amide bonds. The fraction of sp³-hybridized carbons (Fsp3) is 0.391. The predicted molar refractivity (Wildman–Crippen MR) is 115 cm³/mol. The minimum absolute atomic E-state index is 0.0967. The number of carbonyl (C=O) groups excluding carboxylic acids is 2. The summed E-state index contributed by atoms with van der Waals surface area (Å²) in [5, 5.41) is 5.87. The fourth-order valence-corrected chi connectivity index (χ4v) is 3.14. The van der Waals surface area contributed by atoms with Gasteiger partial charge in [-0.05, 0) is 55.0 Å². The lowest BCUT2D eigenvalue weighted by atomic mass is 9.99. The van der Waals surface area contributed by atoms with Crippen LogP contribution in [0.25, 0.3) is 0 Å². The standard InChI is InChI=1S/C23H31N3O2/c1-6-16(2)19-10-12-20(13-11-19)24-21(27)14-26(5)15-22(28)25-23-17(3)8-7-9-18(23)4/h7-13,16H,6,14-15H2,1-5H3,(H,24,27)(H,25,28)/p+1/t16-/m0/s1. The van der Waals surface area contributed by atoms with Crippen molar-refractivity contribution >= 4 is 23.2 Å². The maximum atomic E-state index is 12.3. The summed E-state index contributed by atoms with van der Waals surface area (Å²) in [6.45, 7) is 8.75. The molecule has 3 N–H and O–H groups in total. The van der Waals surface area contributed by atoms with Crippen LogP contribution in [0.2, 0.25) is 0 Å². The highest BCUT2D eigenvalue weighted by Gasteiger charge is 2.16. The van der Waals surface area contributed by atoms with Gasteiger partial charge in [0, 0.05) is 11.4 Å². The molecule has 0 aliphatic heterocycles. The normalized spacial score (nSPS) is 12.9. The van der Waals surface area contributed by atoms with Crippen LogP contribution in [0.1, 0.15) is 42.9 Å². The van der Waals surface area contributed by atoms with E-state index in [0.29, 0.717) is 5.92 Å². The summed E-state index contributed by atoms with van der Waals surface area (Å²) in [5.41, 5.74) is 4.97. The van der Waals surface area contributed by atoms with Crippen LogP contribution in [0.3, 0.4) is 0 Å². The zero-order valence-electron chi connectivity index (χ0n) is 17.6. The zero-order valence-corrected chi connectivity index (χ0v) is 17.6. The van der Waals surface area contributed by atoms with E-state index < -0.39 is 0 Å². The van der Waals surface area contributed by atoms with Gasteiger partial charge >= 0.3 is 0 Å². The van der Waals surface area contributed by atoms with Crippen molar-refractivity contribution in [3.8, 4) is 0 Å². The number of anilines is 2. The summed E-state index contributed by atoms with van der Waals surface area (Å²) in [5.74, 6) is 0.310. The molecule has 0 radical (unpaired) electrons. The molecule has 2 aromatic rings. The van der Waals surface area contributed by atoms with Gasteiger partial charge in [0.1, 0.15) is 0 Å². The Kier molecular flexibility index (Phi) is 7.76. The van der Waals surface area contributed by atoms with Crippen LogP contribution >= 0.6 is 0 Å². The van der Waals surface area contributed by atoms with Crippen LogP contribution in [0.5, 0.6) is 0 Å². The number of quaternary nitrogens is 1. The molecule has 0 saturated carbocycles. The van der Waals surface area contributed by atoms with E-state index in [-0.39, 0.29) is 24.9 Å². The highest BCUT2D eigenvalue weighted by atomic mass is 16.2. The van der Waals surface area contributed by atoms with Crippen LogP contribution in [0, 0.1) is 13.8 Å². The van der Waals surface area contributed by atoms with Gasteiger partial charge in [0.25, 0.3) is 11.8 Å². The van der Waals surface area contributed by atoms with E-state index in [0.717, 1.165) is 33.8 Å². The molecule has 0 saturated heterocycles. The molecule has 5 heteroatoms. The number of amides is 2. The second-order valence-corrected chi connectivity index (χ2v) is 7.61. The summed E-state index contributed by atoms with van der Waals surface area (Å²) in [4.78, 5) is 25.4. The van der Waals surface area contributed by atoms with E-state index in [9.17, 15) is 9.59 Å². The van der Waals surface area contributed by atoms with Crippen LogP contribution in [0.15, 0.2) is 42.5 Å². The average Bonchev–Trinajstić information content (AvgIpc) is 2.64. The molecule has 5 nitrogen and oxygen atoms in total. The highest BCUT2D eigenvalue weighted by molar-refractivity contribution is 5.94. The first kappa shape index (κ1) is 21.6. The molecule has 1 unspecified atom stereocenters. The number of hydrogen-bond acceptors (Lipinski definition) is 2. The quantitative estimate of drug-likeness (QED) is 0.657. The third-order valence-corrected chi connectivity index (χ3v) is 5.05. The molecule has 0 aromatic heterocycles. The molecule has 0 spiro atoms. The van der Waals surface area contributed by atoms with Crippen molar-refractivity contribution in [3.05, 3.63) is 59.2 Å². The van der Waals surface area contributed by atoms with Crippen molar-refractivity contribution in [1.29, 1.82) is 0 Å². The molecule has 2 rings (SSSR count). The molecule has 28 heavy (non-hydrogen) atoms. The van der Waals surface area contributed by atoms with Crippen molar-refractivity contribution in [2.75, 3.05) is 30.8 Å². The second kappa shape index (κ2) is 10.0. The summed E-state index contributed by atoms with van der Waals surface area (Å²) >= 11 is 0. The fourth-order valence-electron chi connectivity index (χ4n) is 3.14. The molecular weight excluding hydrogens is 350 g/mol. The van der Waals surface area contributed by atoms with Gasteiger partial charge in [-0.15, -0.1) is 0 Å². The van der Waals surface area contributed by atoms with E-state index >= 15 is 0 Å². The van der Waals surface area contributed by atoms with Crippen LogP contribution in [0.4, 0.5) is 11.4 Å². The third-order valence-electron chi connectivity index (χ3n) is 5.05. The number of rotatable bonds is 8. The van der Waals surface area contributed by atoms with Crippen LogP contribution < -0.4 is 15.5 Å². The van der Waals surface area contributed by atoms with Gasteiger partial charge < -0.3 is 15.5 Å². The molecule has 0 aliphatic rings.